The van der Waals surface area contributed by atoms with Crippen molar-refractivity contribution in [1.82, 2.24) is 0 Å². The second kappa shape index (κ2) is 5.12. The highest BCUT2D eigenvalue weighted by Crippen LogP contribution is 2.24. The second-order valence-corrected chi connectivity index (χ2v) is 4.47. The van der Waals surface area contributed by atoms with Crippen molar-refractivity contribution in [2.24, 2.45) is 11.5 Å². The van der Waals surface area contributed by atoms with Gasteiger partial charge in [-0.05, 0) is 25.0 Å². The molecule has 1 aromatic rings. The van der Waals surface area contributed by atoms with Gasteiger partial charge in [-0.1, -0.05) is 6.92 Å². The number of carbonyl (C=O) groups is 1. The second-order valence-electron chi connectivity index (χ2n) is 3.27. The van der Waals surface area contributed by atoms with Crippen molar-refractivity contribution in [2.75, 3.05) is 0 Å². The molecule has 0 fully saturated rings. The Hall–Kier alpha value is -0.870. The fourth-order valence-corrected chi connectivity index (χ4v) is 2.21. The molecular weight excluding hydrogens is 196 g/mol. The summed E-state index contributed by atoms with van der Waals surface area (Å²) < 4.78 is 0. The van der Waals surface area contributed by atoms with Gasteiger partial charge in [-0.25, -0.2) is 0 Å². The van der Waals surface area contributed by atoms with Crippen molar-refractivity contribution in [3.63, 3.8) is 0 Å². The summed E-state index contributed by atoms with van der Waals surface area (Å²) in [6.07, 6.45) is 2.03. The molecule has 1 heterocycles. The first-order valence-electron chi connectivity index (χ1n) is 4.76. The predicted octanol–water partition coefficient (Wildman–Crippen LogP) is 1.58. The highest BCUT2D eigenvalue weighted by atomic mass is 32.1. The summed E-state index contributed by atoms with van der Waals surface area (Å²) in [5, 5.41) is 0. The van der Waals surface area contributed by atoms with Crippen molar-refractivity contribution in [3.05, 3.63) is 21.9 Å². The molecule has 78 valence electrons. The molecule has 1 aromatic heterocycles. The van der Waals surface area contributed by atoms with Gasteiger partial charge in [-0.2, -0.15) is 0 Å². The number of aryl methyl sites for hydroxylation is 1. The Balaban J connectivity index is 2.51. The fraction of sp³-hybridized carbons (Fsp3) is 0.500. The first kappa shape index (κ1) is 11.2. The molecule has 0 spiro atoms. The van der Waals surface area contributed by atoms with Crippen LogP contribution in [0.15, 0.2) is 12.1 Å². The van der Waals surface area contributed by atoms with E-state index in [1.807, 2.05) is 6.07 Å². The number of amides is 1. The van der Waals surface area contributed by atoms with Crippen LogP contribution in [0.2, 0.25) is 0 Å². The lowest BCUT2D eigenvalue weighted by Gasteiger charge is -2.06. The van der Waals surface area contributed by atoms with Crippen LogP contribution < -0.4 is 11.5 Å². The number of primary amides is 1. The van der Waals surface area contributed by atoms with Crippen LogP contribution in [0.4, 0.5) is 0 Å². The molecule has 0 aliphatic heterocycles. The molecule has 4 heteroatoms. The number of hydrogen-bond donors (Lipinski definition) is 2. The molecular formula is C10H16N2OS. The van der Waals surface area contributed by atoms with Crippen molar-refractivity contribution >= 4 is 17.2 Å². The number of nitrogens with two attached hydrogens (primary N) is 2. The van der Waals surface area contributed by atoms with Gasteiger partial charge in [-0.15, -0.1) is 11.3 Å². The predicted molar refractivity (Wildman–Crippen MR) is 59.1 cm³/mol. The highest BCUT2D eigenvalue weighted by Gasteiger charge is 2.09. The minimum Gasteiger partial charge on any atom is -0.370 e. The van der Waals surface area contributed by atoms with Gasteiger partial charge in [0.25, 0.3) is 0 Å². The third-order valence-electron chi connectivity index (χ3n) is 2.10. The van der Waals surface area contributed by atoms with Crippen molar-refractivity contribution < 1.29 is 4.79 Å². The molecule has 0 saturated heterocycles. The number of thiophene rings is 1. The fourth-order valence-electron chi connectivity index (χ4n) is 1.22. The largest absolute Gasteiger partial charge is 0.370 e. The van der Waals surface area contributed by atoms with Crippen LogP contribution in [0.5, 0.6) is 0 Å². The minimum atomic E-state index is -0.285. The Morgan fingerprint density at radius 3 is 2.79 bits per heavy atom. The topological polar surface area (TPSA) is 69.1 Å². The molecule has 1 atom stereocenters. The molecule has 3 nitrogen and oxygen atoms in total. The summed E-state index contributed by atoms with van der Waals surface area (Å²) >= 11 is 1.72. The van der Waals surface area contributed by atoms with Crippen LogP contribution in [0.25, 0.3) is 0 Å². The minimum absolute atomic E-state index is 0.0483. The summed E-state index contributed by atoms with van der Waals surface area (Å²) in [5.74, 6) is -0.285. The molecule has 0 aromatic carbocycles. The van der Waals surface area contributed by atoms with E-state index in [1.165, 1.54) is 4.88 Å². The van der Waals surface area contributed by atoms with E-state index in [1.54, 1.807) is 11.3 Å². The SMILES string of the molecule is CCc1ccc(C(N)CCC(N)=O)s1. The molecule has 1 rings (SSSR count). The lowest BCUT2D eigenvalue weighted by Crippen LogP contribution is -2.15. The molecule has 0 aliphatic rings. The van der Waals surface area contributed by atoms with Gasteiger partial charge in [0.2, 0.25) is 5.91 Å². The molecule has 0 aliphatic carbocycles. The lowest BCUT2D eigenvalue weighted by atomic mass is 10.1. The van der Waals surface area contributed by atoms with Crippen LogP contribution in [0, 0.1) is 0 Å². The normalized spacial score (nSPS) is 12.7. The number of rotatable bonds is 5. The molecule has 1 unspecified atom stereocenters. The summed E-state index contributed by atoms with van der Waals surface area (Å²) in [4.78, 5) is 13.0. The van der Waals surface area contributed by atoms with Crippen LogP contribution in [0.3, 0.4) is 0 Å². The third kappa shape index (κ3) is 3.12. The molecule has 0 saturated carbocycles. The van der Waals surface area contributed by atoms with E-state index in [0.717, 1.165) is 11.3 Å². The van der Waals surface area contributed by atoms with E-state index in [4.69, 9.17) is 11.5 Å². The average molecular weight is 212 g/mol. The summed E-state index contributed by atoms with van der Waals surface area (Å²) in [6, 6.07) is 4.08. The maximum absolute atomic E-state index is 10.6. The van der Waals surface area contributed by atoms with Crippen LogP contribution in [-0.2, 0) is 11.2 Å². The Morgan fingerprint density at radius 2 is 2.29 bits per heavy atom. The molecule has 0 radical (unpaired) electrons. The smallest absolute Gasteiger partial charge is 0.217 e. The zero-order chi connectivity index (χ0) is 10.6. The Labute approximate surface area is 88.1 Å². The standard InChI is InChI=1S/C10H16N2OS/c1-2-7-3-5-9(14-7)8(11)4-6-10(12)13/h3,5,8H,2,4,6,11H2,1H3,(H2,12,13). The van der Waals surface area contributed by atoms with E-state index in [2.05, 4.69) is 13.0 Å². The lowest BCUT2D eigenvalue weighted by molar-refractivity contribution is -0.118. The number of carbonyl (C=O) groups excluding carboxylic acids is 1. The first-order chi connectivity index (χ1) is 6.63. The van der Waals surface area contributed by atoms with E-state index in [0.29, 0.717) is 12.8 Å². The van der Waals surface area contributed by atoms with Gasteiger partial charge in [0.05, 0.1) is 0 Å². The van der Waals surface area contributed by atoms with Gasteiger partial charge >= 0.3 is 0 Å². The van der Waals surface area contributed by atoms with Gasteiger partial charge < -0.3 is 11.5 Å². The molecule has 14 heavy (non-hydrogen) atoms. The van der Waals surface area contributed by atoms with Crippen LogP contribution in [0.1, 0.15) is 35.6 Å². The molecule has 0 bridgehead atoms. The van der Waals surface area contributed by atoms with Gasteiger partial charge in [-0.3, -0.25) is 4.79 Å². The zero-order valence-corrected chi connectivity index (χ0v) is 9.14. The van der Waals surface area contributed by atoms with E-state index in [-0.39, 0.29) is 11.9 Å². The van der Waals surface area contributed by atoms with Gasteiger partial charge in [0.1, 0.15) is 0 Å². The molecule has 4 N–H and O–H groups in total. The summed E-state index contributed by atoms with van der Waals surface area (Å²) in [5.41, 5.74) is 11.0. The van der Waals surface area contributed by atoms with Crippen molar-refractivity contribution in [1.29, 1.82) is 0 Å². The monoisotopic (exact) mass is 212 g/mol. The summed E-state index contributed by atoms with van der Waals surface area (Å²) in [7, 11) is 0. The van der Waals surface area contributed by atoms with E-state index < -0.39 is 0 Å². The van der Waals surface area contributed by atoms with Crippen LogP contribution in [-0.4, -0.2) is 5.91 Å². The maximum atomic E-state index is 10.6. The average Bonchev–Trinajstić information content (AvgIpc) is 2.62. The van der Waals surface area contributed by atoms with Crippen LogP contribution >= 0.6 is 11.3 Å². The van der Waals surface area contributed by atoms with Crippen molar-refractivity contribution in [3.8, 4) is 0 Å². The van der Waals surface area contributed by atoms with E-state index >= 15 is 0 Å². The first-order valence-corrected chi connectivity index (χ1v) is 5.57. The maximum Gasteiger partial charge on any atom is 0.217 e. The molecule has 1 amide bonds. The van der Waals surface area contributed by atoms with E-state index in [9.17, 15) is 4.79 Å². The zero-order valence-electron chi connectivity index (χ0n) is 8.32. The Bertz CT molecular complexity index is 309. The van der Waals surface area contributed by atoms with Gasteiger partial charge in [0.15, 0.2) is 0 Å². The highest BCUT2D eigenvalue weighted by molar-refractivity contribution is 7.12. The Kier molecular flexibility index (Phi) is 4.10. The Morgan fingerprint density at radius 1 is 1.57 bits per heavy atom. The van der Waals surface area contributed by atoms with Crippen molar-refractivity contribution in [2.45, 2.75) is 32.2 Å². The third-order valence-corrected chi connectivity index (χ3v) is 3.46. The quantitative estimate of drug-likeness (QED) is 0.778. The van der Waals surface area contributed by atoms with Gasteiger partial charge in [0, 0.05) is 22.2 Å². The number of hydrogen-bond acceptors (Lipinski definition) is 3. The summed E-state index contributed by atoms with van der Waals surface area (Å²) in [6.45, 7) is 2.12.